The van der Waals surface area contributed by atoms with E-state index in [1.54, 1.807) is 0 Å². The number of phosphoric acid groups is 1. The fourth-order valence-corrected chi connectivity index (χ4v) is 2.02. The molecule has 134 valence electrons. The first-order valence-corrected chi connectivity index (χ1v) is 9.65. The summed E-state index contributed by atoms with van der Waals surface area (Å²) in [6, 6.07) is 0. The summed E-state index contributed by atoms with van der Waals surface area (Å²) in [4.78, 5) is 32.4. The van der Waals surface area contributed by atoms with Crippen molar-refractivity contribution in [3.8, 4) is 0 Å². The van der Waals surface area contributed by atoms with Crippen molar-refractivity contribution in [2.45, 2.75) is 84.0 Å². The molecule has 0 atom stereocenters. The molecule has 22 heavy (non-hydrogen) atoms. The molecule has 0 aromatic carbocycles. The van der Waals surface area contributed by atoms with E-state index in [0.29, 0.717) is 6.42 Å². The third-order valence-corrected chi connectivity index (χ3v) is 3.17. The van der Waals surface area contributed by atoms with Crippen molar-refractivity contribution in [1.82, 2.24) is 5.43 Å². The summed E-state index contributed by atoms with van der Waals surface area (Å²) in [6.45, 7) is 2.25. The summed E-state index contributed by atoms with van der Waals surface area (Å²) in [5, 5.41) is 0. The highest BCUT2D eigenvalue weighted by Gasteiger charge is 2.00. The normalized spacial score (nSPS) is 10.8. The van der Waals surface area contributed by atoms with Crippen LogP contribution >= 0.6 is 7.82 Å². The standard InChI is InChI=1S/C14H30N2O.H3O4P/c1-2-3-4-5-6-7-8-9-10-11-12-13-14(17)16-15;1-5(2,3)4/h2-13,15H2,1H3,(H,16,17);(H3,1,2,3,4). The first-order chi connectivity index (χ1) is 10.3. The van der Waals surface area contributed by atoms with Gasteiger partial charge in [-0.3, -0.25) is 10.2 Å². The van der Waals surface area contributed by atoms with Crippen LogP contribution in [0.2, 0.25) is 0 Å². The Bertz CT molecular complexity index is 289. The zero-order valence-corrected chi connectivity index (χ0v) is 14.6. The molecule has 7 nitrogen and oxygen atoms in total. The number of hydrazine groups is 1. The number of nitrogens with two attached hydrogens (primary N) is 1. The van der Waals surface area contributed by atoms with Crippen LogP contribution in [0.1, 0.15) is 84.0 Å². The van der Waals surface area contributed by atoms with Crippen molar-refractivity contribution in [3.63, 3.8) is 0 Å². The second-order valence-corrected chi connectivity index (χ2v) is 6.39. The Morgan fingerprint density at radius 2 is 1.18 bits per heavy atom. The predicted molar refractivity (Wildman–Crippen MR) is 87.7 cm³/mol. The van der Waals surface area contributed by atoms with Crippen molar-refractivity contribution in [3.05, 3.63) is 0 Å². The van der Waals surface area contributed by atoms with Crippen LogP contribution in [0.15, 0.2) is 0 Å². The van der Waals surface area contributed by atoms with Crippen molar-refractivity contribution >= 4 is 13.7 Å². The lowest BCUT2D eigenvalue weighted by Crippen LogP contribution is -2.29. The summed E-state index contributed by atoms with van der Waals surface area (Å²) < 4.78 is 8.88. The van der Waals surface area contributed by atoms with E-state index in [-0.39, 0.29) is 5.91 Å². The molecule has 0 fully saturated rings. The molecule has 0 heterocycles. The molecule has 0 unspecified atom stereocenters. The second kappa shape index (κ2) is 16.9. The lowest BCUT2D eigenvalue weighted by Gasteiger charge is -2.02. The molecule has 0 aliphatic carbocycles. The molecule has 0 bridgehead atoms. The van der Waals surface area contributed by atoms with E-state index in [0.717, 1.165) is 12.8 Å². The molecule has 0 saturated carbocycles. The van der Waals surface area contributed by atoms with E-state index >= 15 is 0 Å². The Balaban J connectivity index is 0. The van der Waals surface area contributed by atoms with Crippen LogP contribution in [0.25, 0.3) is 0 Å². The molecule has 1 amide bonds. The Labute approximate surface area is 133 Å². The highest BCUT2D eigenvalue weighted by atomic mass is 31.2. The molecule has 0 radical (unpaired) electrons. The maximum Gasteiger partial charge on any atom is 0.466 e. The largest absolute Gasteiger partial charge is 0.466 e. The van der Waals surface area contributed by atoms with Crippen LogP contribution in [0.4, 0.5) is 0 Å². The van der Waals surface area contributed by atoms with Crippen molar-refractivity contribution in [1.29, 1.82) is 0 Å². The van der Waals surface area contributed by atoms with Crippen LogP contribution in [0.5, 0.6) is 0 Å². The van der Waals surface area contributed by atoms with Gasteiger partial charge in [-0.2, -0.15) is 0 Å². The predicted octanol–water partition coefficient (Wildman–Crippen LogP) is 2.75. The molecule has 0 aliphatic rings. The number of hydrogen-bond acceptors (Lipinski definition) is 3. The van der Waals surface area contributed by atoms with Gasteiger partial charge in [-0.05, 0) is 6.42 Å². The minimum atomic E-state index is -4.64. The van der Waals surface area contributed by atoms with Crippen molar-refractivity contribution in [2.24, 2.45) is 5.84 Å². The van der Waals surface area contributed by atoms with Crippen LogP contribution in [-0.2, 0) is 9.36 Å². The molecule has 0 spiro atoms. The van der Waals surface area contributed by atoms with Gasteiger partial charge in [0.2, 0.25) is 5.91 Å². The molecule has 0 aromatic rings. The Morgan fingerprint density at radius 3 is 1.50 bits per heavy atom. The summed E-state index contributed by atoms with van der Waals surface area (Å²) in [7, 11) is -4.64. The van der Waals surface area contributed by atoms with Crippen LogP contribution in [-0.4, -0.2) is 20.6 Å². The first-order valence-electron chi connectivity index (χ1n) is 8.09. The van der Waals surface area contributed by atoms with E-state index in [9.17, 15) is 4.79 Å². The molecular formula is C14H33N2O5P. The topological polar surface area (TPSA) is 133 Å². The van der Waals surface area contributed by atoms with Gasteiger partial charge in [0, 0.05) is 6.42 Å². The number of carbonyl (C=O) groups excluding carboxylic acids is 1. The van der Waals surface area contributed by atoms with Gasteiger partial charge in [0.15, 0.2) is 0 Å². The third-order valence-electron chi connectivity index (χ3n) is 3.17. The summed E-state index contributed by atoms with van der Waals surface area (Å²) in [5.41, 5.74) is 2.16. The van der Waals surface area contributed by atoms with Gasteiger partial charge >= 0.3 is 7.82 Å². The number of unbranched alkanes of at least 4 members (excludes halogenated alkanes) is 10. The van der Waals surface area contributed by atoms with Gasteiger partial charge in [-0.1, -0.05) is 71.1 Å². The smallest absolute Gasteiger partial charge is 0.303 e. The molecule has 0 rings (SSSR count). The quantitative estimate of drug-likeness (QED) is 0.122. The fraction of sp³-hybridized carbons (Fsp3) is 0.929. The van der Waals surface area contributed by atoms with Crippen LogP contribution in [0, 0.1) is 0 Å². The molecule has 6 N–H and O–H groups in total. The van der Waals surface area contributed by atoms with Crippen LogP contribution < -0.4 is 11.3 Å². The van der Waals surface area contributed by atoms with Gasteiger partial charge in [-0.15, -0.1) is 0 Å². The zero-order valence-electron chi connectivity index (χ0n) is 13.7. The van der Waals surface area contributed by atoms with Crippen molar-refractivity contribution in [2.75, 3.05) is 0 Å². The van der Waals surface area contributed by atoms with Gasteiger partial charge in [0.25, 0.3) is 0 Å². The SMILES string of the molecule is CCCCCCCCCCCCCC(=O)NN.O=P(O)(O)O. The highest BCUT2D eigenvalue weighted by Crippen LogP contribution is 2.25. The molecule has 0 aromatic heterocycles. The average molecular weight is 340 g/mol. The van der Waals surface area contributed by atoms with Crippen LogP contribution in [0.3, 0.4) is 0 Å². The molecular weight excluding hydrogens is 307 g/mol. The minimum absolute atomic E-state index is 0.0408. The number of hydrogen-bond donors (Lipinski definition) is 5. The average Bonchev–Trinajstić information content (AvgIpc) is 2.42. The number of nitrogens with one attached hydrogen (secondary N) is 1. The Kier molecular flexibility index (Phi) is 18.3. The molecule has 0 saturated heterocycles. The van der Waals surface area contributed by atoms with E-state index in [2.05, 4.69) is 12.3 Å². The maximum absolute atomic E-state index is 10.8. The number of rotatable bonds is 12. The summed E-state index contributed by atoms with van der Waals surface area (Å²) in [5.74, 6) is 4.96. The van der Waals surface area contributed by atoms with Gasteiger partial charge in [0.1, 0.15) is 0 Å². The van der Waals surface area contributed by atoms with E-state index < -0.39 is 7.82 Å². The third kappa shape index (κ3) is 31.8. The monoisotopic (exact) mass is 340 g/mol. The second-order valence-electron chi connectivity index (χ2n) is 5.37. The summed E-state index contributed by atoms with van der Waals surface area (Å²) >= 11 is 0. The van der Waals surface area contributed by atoms with E-state index in [4.69, 9.17) is 25.1 Å². The highest BCUT2D eigenvalue weighted by molar-refractivity contribution is 7.45. The minimum Gasteiger partial charge on any atom is -0.303 e. The lowest BCUT2D eigenvalue weighted by molar-refractivity contribution is -0.121. The van der Waals surface area contributed by atoms with Crippen molar-refractivity contribution < 1.29 is 24.0 Å². The molecule has 0 aliphatic heterocycles. The Morgan fingerprint density at radius 1 is 0.864 bits per heavy atom. The lowest BCUT2D eigenvalue weighted by atomic mass is 10.1. The van der Waals surface area contributed by atoms with Gasteiger partial charge < -0.3 is 14.7 Å². The maximum atomic E-state index is 10.8. The zero-order chi connectivity index (χ0) is 17.3. The van der Waals surface area contributed by atoms with Gasteiger partial charge in [0.05, 0.1) is 0 Å². The van der Waals surface area contributed by atoms with E-state index in [1.807, 2.05) is 0 Å². The van der Waals surface area contributed by atoms with Gasteiger partial charge in [-0.25, -0.2) is 10.4 Å². The number of carbonyl (C=O) groups is 1. The fourth-order valence-electron chi connectivity index (χ4n) is 2.02. The number of amides is 1. The van der Waals surface area contributed by atoms with E-state index in [1.165, 1.54) is 57.8 Å². The molecule has 8 heteroatoms. The summed E-state index contributed by atoms with van der Waals surface area (Å²) in [6.07, 6.45) is 15.0. The Hall–Kier alpha value is -0.460. The first kappa shape index (κ1) is 23.8.